The number of aromatic nitrogens is 2. The van der Waals surface area contributed by atoms with E-state index < -0.39 is 0 Å². The molecule has 0 bridgehead atoms. The monoisotopic (exact) mass is 280 g/mol. The molecule has 2 aromatic heterocycles. The average Bonchev–Trinajstić information content (AvgIpc) is 2.84. The number of aromatic amines is 1. The smallest absolute Gasteiger partial charge is 0.114 e. The number of pyridine rings is 1. The van der Waals surface area contributed by atoms with Crippen molar-refractivity contribution in [3.63, 3.8) is 0 Å². The molecule has 3 heteroatoms. The van der Waals surface area contributed by atoms with Gasteiger partial charge in [-0.3, -0.25) is 0 Å². The summed E-state index contributed by atoms with van der Waals surface area (Å²) in [4.78, 5) is 7.87. The number of hydrogen-bond acceptors (Lipinski definition) is 1. The second-order valence-electron chi connectivity index (χ2n) is 5.18. The van der Waals surface area contributed by atoms with Gasteiger partial charge in [-0.1, -0.05) is 29.8 Å². The van der Waals surface area contributed by atoms with Crippen LogP contribution in [0.5, 0.6) is 0 Å². The standard InChI is InChI=1S/C17H13ClN2/c1-9-11-7-8-19-17(18)15(11)10(2)16-14(9)12-5-3-4-6-13(12)20-16/h3-8,19H,1-2H3. The van der Waals surface area contributed by atoms with Crippen LogP contribution in [0.2, 0.25) is 5.15 Å². The molecular weight excluding hydrogens is 268 g/mol. The van der Waals surface area contributed by atoms with Crippen molar-refractivity contribution in [2.45, 2.75) is 13.8 Å². The number of hydrogen-bond donors (Lipinski definition) is 1. The van der Waals surface area contributed by atoms with E-state index in [0.717, 1.165) is 22.0 Å². The Balaban J connectivity index is 2.40. The largest absolute Gasteiger partial charge is 0.352 e. The fourth-order valence-corrected chi connectivity index (χ4v) is 3.45. The second-order valence-corrected chi connectivity index (χ2v) is 5.56. The molecular formula is C17H13ClN2. The van der Waals surface area contributed by atoms with Gasteiger partial charge in [-0.25, -0.2) is 4.98 Å². The van der Waals surface area contributed by atoms with Gasteiger partial charge in [0.25, 0.3) is 0 Å². The summed E-state index contributed by atoms with van der Waals surface area (Å²) < 4.78 is 0. The Labute approximate surface area is 121 Å². The Morgan fingerprint density at radius 1 is 0.950 bits per heavy atom. The van der Waals surface area contributed by atoms with E-state index in [1.165, 1.54) is 21.7 Å². The first kappa shape index (κ1) is 11.7. The molecule has 2 aromatic carbocycles. The van der Waals surface area contributed by atoms with Gasteiger partial charge in [-0.2, -0.15) is 0 Å². The van der Waals surface area contributed by atoms with Gasteiger partial charge in [0.1, 0.15) is 5.15 Å². The van der Waals surface area contributed by atoms with E-state index in [2.05, 4.69) is 43.1 Å². The van der Waals surface area contributed by atoms with Crippen molar-refractivity contribution < 1.29 is 0 Å². The van der Waals surface area contributed by atoms with E-state index in [0.29, 0.717) is 5.15 Å². The highest BCUT2D eigenvalue weighted by molar-refractivity contribution is 6.35. The lowest BCUT2D eigenvalue weighted by Gasteiger charge is -2.10. The van der Waals surface area contributed by atoms with Crippen LogP contribution in [0.3, 0.4) is 0 Å². The quantitative estimate of drug-likeness (QED) is 0.444. The SMILES string of the molecule is Cc1c2nc3ccccc3c2c(C)c2cc[nH]c(Cl)c12. The lowest BCUT2D eigenvalue weighted by molar-refractivity contribution is 1.34. The molecule has 98 valence electrons. The number of aryl methyl sites for hydroxylation is 2. The molecule has 4 rings (SSSR count). The average molecular weight is 281 g/mol. The van der Waals surface area contributed by atoms with Gasteiger partial charge >= 0.3 is 0 Å². The molecule has 0 aliphatic carbocycles. The van der Waals surface area contributed by atoms with Crippen LogP contribution in [0, 0.1) is 13.8 Å². The van der Waals surface area contributed by atoms with E-state index in [1.54, 1.807) is 0 Å². The zero-order chi connectivity index (χ0) is 13.9. The first-order chi connectivity index (χ1) is 9.68. The van der Waals surface area contributed by atoms with Crippen LogP contribution in [-0.2, 0) is 0 Å². The number of fused-ring (bicyclic) bond motifs is 4. The third-order valence-electron chi connectivity index (χ3n) is 4.10. The molecule has 0 atom stereocenters. The highest BCUT2D eigenvalue weighted by Gasteiger charge is 2.15. The maximum absolute atomic E-state index is 6.35. The lowest BCUT2D eigenvalue weighted by Crippen LogP contribution is -1.89. The Bertz CT molecular complexity index is 983. The summed E-state index contributed by atoms with van der Waals surface area (Å²) in [6, 6.07) is 10.4. The summed E-state index contributed by atoms with van der Waals surface area (Å²) in [5.41, 5.74) is 4.48. The predicted molar refractivity (Wildman–Crippen MR) is 85.6 cm³/mol. The minimum atomic E-state index is 0.678. The van der Waals surface area contributed by atoms with Gasteiger partial charge in [0.2, 0.25) is 0 Å². The van der Waals surface area contributed by atoms with Crippen molar-refractivity contribution in [3.8, 4) is 0 Å². The van der Waals surface area contributed by atoms with Crippen LogP contribution in [0.25, 0.3) is 32.6 Å². The highest BCUT2D eigenvalue weighted by atomic mass is 35.5. The number of benzene rings is 2. The second kappa shape index (κ2) is 3.97. The molecule has 0 radical (unpaired) electrons. The maximum atomic E-state index is 6.35. The number of nitrogens with zero attached hydrogens (tertiary/aromatic N) is 1. The Morgan fingerprint density at radius 2 is 1.75 bits per heavy atom. The molecule has 4 aromatic rings. The van der Waals surface area contributed by atoms with Crippen LogP contribution in [-0.4, -0.2) is 9.97 Å². The van der Waals surface area contributed by atoms with Gasteiger partial charge in [-0.15, -0.1) is 0 Å². The number of para-hydroxylation sites is 1. The molecule has 0 aliphatic heterocycles. The number of nitrogens with one attached hydrogen (secondary N) is 1. The van der Waals surface area contributed by atoms with E-state index in [1.807, 2.05) is 12.3 Å². The van der Waals surface area contributed by atoms with Crippen LogP contribution in [0.1, 0.15) is 11.1 Å². The fraction of sp³-hybridized carbons (Fsp3) is 0.118. The van der Waals surface area contributed by atoms with Gasteiger partial charge in [0.05, 0.1) is 11.0 Å². The van der Waals surface area contributed by atoms with Gasteiger partial charge in [0.15, 0.2) is 0 Å². The predicted octanol–water partition coefficient (Wildman–Crippen LogP) is 5.14. The maximum Gasteiger partial charge on any atom is 0.114 e. The molecule has 1 N–H and O–H groups in total. The molecule has 2 heterocycles. The summed E-state index contributed by atoms with van der Waals surface area (Å²) >= 11 is 6.35. The topological polar surface area (TPSA) is 28.7 Å². The molecule has 0 aliphatic rings. The zero-order valence-electron chi connectivity index (χ0n) is 11.3. The van der Waals surface area contributed by atoms with E-state index in [9.17, 15) is 0 Å². The normalized spacial score (nSPS) is 11.8. The van der Waals surface area contributed by atoms with Gasteiger partial charge in [0, 0.05) is 22.4 Å². The van der Waals surface area contributed by atoms with Crippen LogP contribution < -0.4 is 0 Å². The first-order valence-electron chi connectivity index (χ1n) is 6.62. The summed E-state index contributed by atoms with van der Waals surface area (Å²) in [6.45, 7) is 4.24. The highest BCUT2D eigenvalue weighted by Crippen LogP contribution is 2.38. The molecule has 2 nitrogen and oxygen atoms in total. The number of H-pyrrole nitrogens is 1. The number of halogens is 1. The summed E-state index contributed by atoms with van der Waals surface area (Å²) in [5, 5.41) is 5.40. The Hall–Kier alpha value is -2.06. The lowest BCUT2D eigenvalue weighted by atomic mass is 9.97. The Kier molecular flexibility index (Phi) is 2.33. The first-order valence-corrected chi connectivity index (χ1v) is 7.00. The molecule has 0 spiro atoms. The van der Waals surface area contributed by atoms with Gasteiger partial charge < -0.3 is 4.98 Å². The van der Waals surface area contributed by atoms with Crippen LogP contribution in [0.15, 0.2) is 36.5 Å². The summed E-state index contributed by atoms with van der Waals surface area (Å²) in [6.07, 6.45) is 1.89. The number of rotatable bonds is 0. The van der Waals surface area contributed by atoms with E-state index in [4.69, 9.17) is 16.6 Å². The van der Waals surface area contributed by atoms with Crippen molar-refractivity contribution in [3.05, 3.63) is 52.8 Å². The Morgan fingerprint density at radius 3 is 2.60 bits per heavy atom. The molecule has 0 saturated heterocycles. The molecule has 0 amide bonds. The molecule has 0 unspecified atom stereocenters. The summed E-state index contributed by atoms with van der Waals surface area (Å²) in [5.74, 6) is 0. The van der Waals surface area contributed by atoms with Crippen molar-refractivity contribution in [2.75, 3.05) is 0 Å². The van der Waals surface area contributed by atoms with Crippen LogP contribution in [0.4, 0.5) is 0 Å². The molecule has 0 saturated carbocycles. The van der Waals surface area contributed by atoms with Crippen LogP contribution >= 0.6 is 11.6 Å². The van der Waals surface area contributed by atoms with Gasteiger partial charge in [-0.05, 0) is 42.5 Å². The molecule has 20 heavy (non-hydrogen) atoms. The third-order valence-corrected chi connectivity index (χ3v) is 4.40. The minimum absolute atomic E-state index is 0.678. The van der Waals surface area contributed by atoms with Crippen molar-refractivity contribution >= 4 is 44.2 Å². The van der Waals surface area contributed by atoms with Crippen molar-refractivity contribution in [2.24, 2.45) is 0 Å². The van der Waals surface area contributed by atoms with E-state index >= 15 is 0 Å². The molecule has 0 fully saturated rings. The summed E-state index contributed by atoms with van der Waals surface area (Å²) in [7, 11) is 0. The van der Waals surface area contributed by atoms with Crippen molar-refractivity contribution in [1.29, 1.82) is 0 Å². The zero-order valence-corrected chi connectivity index (χ0v) is 12.0. The fourth-order valence-electron chi connectivity index (χ4n) is 3.14. The van der Waals surface area contributed by atoms with Crippen molar-refractivity contribution in [1.82, 2.24) is 9.97 Å². The van der Waals surface area contributed by atoms with E-state index in [-0.39, 0.29) is 0 Å². The minimum Gasteiger partial charge on any atom is -0.352 e. The third kappa shape index (κ3) is 1.37.